The maximum absolute atomic E-state index is 13.0. The van der Waals surface area contributed by atoms with Gasteiger partial charge in [0.25, 0.3) is 0 Å². The minimum absolute atomic E-state index is 0.0711. The number of furan rings is 1. The summed E-state index contributed by atoms with van der Waals surface area (Å²) in [5, 5.41) is 8.67. The molecule has 3 aromatic rings. The Kier molecular flexibility index (Phi) is 3.92. The Morgan fingerprint density at radius 2 is 2.11 bits per heavy atom. The van der Waals surface area contributed by atoms with E-state index in [4.69, 9.17) is 4.42 Å². The number of nitrogens with one attached hydrogen (secondary N) is 1. The van der Waals surface area contributed by atoms with Crippen LogP contribution in [0.1, 0.15) is 49.8 Å². The van der Waals surface area contributed by atoms with E-state index in [-0.39, 0.29) is 12.1 Å². The maximum Gasteiger partial charge on any atom is 0.322 e. The van der Waals surface area contributed by atoms with Crippen LogP contribution in [0.5, 0.6) is 0 Å². The third kappa shape index (κ3) is 2.89. The van der Waals surface area contributed by atoms with Crippen molar-refractivity contribution in [1.29, 1.82) is 0 Å². The average molecular weight is 364 g/mol. The standard InChI is InChI=1S/C21H24N4O2/c1-14-12-25-19(18(11-22-25)15-4-2-3-5-15)13-24(14)21(26)23-17-7-6-16-8-9-27-20(16)10-17/h6-11,14-15H,2-5,12-13H2,1H3,(H,23,26). The summed E-state index contributed by atoms with van der Waals surface area (Å²) in [6.07, 6.45) is 8.77. The van der Waals surface area contributed by atoms with Gasteiger partial charge in [0.2, 0.25) is 0 Å². The maximum atomic E-state index is 13.0. The van der Waals surface area contributed by atoms with E-state index in [1.807, 2.05) is 35.4 Å². The molecule has 1 aliphatic carbocycles. The molecule has 0 radical (unpaired) electrons. The number of aromatic nitrogens is 2. The third-order valence-electron chi connectivity index (χ3n) is 6.03. The van der Waals surface area contributed by atoms with Crippen molar-refractivity contribution >= 4 is 22.7 Å². The lowest BCUT2D eigenvalue weighted by molar-refractivity contribution is 0.161. The molecule has 140 valence electrons. The summed E-state index contributed by atoms with van der Waals surface area (Å²) in [5.74, 6) is 0.605. The Hall–Kier alpha value is -2.76. The quantitative estimate of drug-likeness (QED) is 0.715. The SMILES string of the molecule is CC1Cn2ncc(C3CCCC3)c2CN1C(=O)Nc1ccc2ccoc2c1. The van der Waals surface area contributed by atoms with Crippen LogP contribution in [0.25, 0.3) is 11.0 Å². The number of hydrogen-bond donors (Lipinski definition) is 1. The van der Waals surface area contributed by atoms with E-state index in [9.17, 15) is 4.79 Å². The van der Waals surface area contributed by atoms with Crippen LogP contribution >= 0.6 is 0 Å². The summed E-state index contributed by atoms with van der Waals surface area (Å²) in [6.45, 7) is 3.43. The van der Waals surface area contributed by atoms with Crippen LogP contribution in [0.3, 0.4) is 0 Å². The Morgan fingerprint density at radius 3 is 2.96 bits per heavy atom. The zero-order chi connectivity index (χ0) is 18.4. The first-order chi connectivity index (χ1) is 13.2. The van der Waals surface area contributed by atoms with Crippen molar-refractivity contribution in [3.8, 4) is 0 Å². The normalized spacial score (nSPS) is 20.2. The fourth-order valence-corrected chi connectivity index (χ4v) is 4.50. The fraction of sp³-hybridized carbons (Fsp3) is 0.429. The number of urea groups is 1. The van der Waals surface area contributed by atoms with Crippen molar-refractivity contribution in [2.75, 3.05) is 5.32 Å². The van der Waals surface area contributed by atoms with E-state index in [1.165, 1.54) is 36.9 Å². The Morgan fingerprint density at radius 1 is 1.26 bits per heavy atom. The van der Waals surface area contributed by atoms with Crippen molar-refractivity contribution in [2.45, 2.75) is 57.7 Å². The number of carbonyl (C=O) groups is 1. The second kappa shape index (κ2) is 6.44. The second-order valence-corrected chi connectivity index (χ2v) is 7.79. The van der Waals surface area contributed by atoms with Gasteiger partial charge in [-0.15, -0.1) is 0 Å². The van der Waals surface area contributed by atoms with E-state index in [2.05, 4.69) is 22.0 Å². The van der Waals surface area contributed by atoms with E-state index in [0.717, 1.165) is 23.2 Å². The molecule has 5 rings (SSSR count). The molecule has 1 atom stereocenters. The Balaban J connectivity index is 1.37. The molecule has 2 aromatic heterocycles. The van der Waals surface area contributed by atoms with Crippen LogP contribution < -0.4 is 5.32 Å². The fourth-order valence-electron chi connectivity index (χ4n) is 4.50. The highest BCUT2D eigenvalue weighted by molar-refractivity contribution is 5.92. The van der Waals surface area contributed by atoms with Crippen LogP contribution in [0.15, 0.2) is 41.1 Å². The molecule has 1 aromatic carbocycles. The molecular formula is C21H24N4O2. The minimum atomic E-state index is -0.0711. The molecule has 6 nitrogen and oxygen atoms in total. The van der Waals surface area contributed by atoms with Crippen molar-refractivity contribution < 1.29 is 9.21 Å². The monoisotopic (exact) mass is 364 g/mol. The molecule has 1 fully saturated rings. The van der Waals surface area contributed by atoms with Crippen molar-refractivity contribution in [3.63, 3.8) is 0 Å². The predicted octanol–water partition coefficient (Wildman–Crippen LogP) is 4.72. The molecule has 0 saturated heterocycles. The molecule has 1 aliphatic heterocycles. The minimum Gasteiger partial charge on any atom is -0.464 e. The van der Waals surface area contributed by atoms with Gasteiger partial charge in [0, 0.05) is 17.1 Å². The second-order valence-electron chi connectivity index (χ2n) is 7.79. The van der Waals surface area contributed by atoms with Crippen LogP contribution in [-0.2, 0) is 13.1 Å². The van der Waals surface area contributed by atoms with Gasteiger partial charge >= 0.3 is 6.03 Å². The Bertz CT molecular complexity index is 983. The summed E-state index contributed by atoms with van der Waals surface area (Å²) in [4.78, 5) is 14.9. The first kappa shape index (κ1) is 16.4. The third-order valence-corrected chi connectivity index (χ3v) is 6.03. The van der Waals surface area contributed by atoms with E-state index in [0.29, 0.717) is 12.5 Å². The largest absolute Gasteiger partial charge is 0.464 e. The first-order valence-corrected chi connectivity index (χ1v) is 9.78. The molecule has 2 aliphatic rings. The predicted molar refractivity (Wildman–Crippen MR) is 104 cm³/mol. The number of carbonyl (C=O) groups excluding carboxylic acids is 1. The molecule has 0 bridgehead atoms. The van der Waals surface area contributed by atoms with Gasteiger partial charge in [0.15, 0.2) is 0 Å². The zero-order valence-electron chi connectivity index (χ0n) is 15.5. The Labute approximate surface area is 158 Å². The number of hydrogen-bond acceptors (Lipinski definition) is 3. The molecule has 3 heterocycles. The lowest BCUT2D eigenvalue weighted by atomic mass is 9.97. The van der Waals surface area contributed by atoms with Crippen LogP contribution in [0.4, 0.5) is 10.5 Å². The van der Waals surface area contributed by atoms with Gasteiger partial charge in [-0.3, -0.25) is 4.68 Å². The summed E-state index contributed by atoms with van der Waals surface area (Å²) in [6, 6.07) is 7.69. The molecule has 1 saturated carbocycles. The molecule has 1 N–H and O–H groups in total. The van der Waals surface area contributed by atoms with Crippen molar-refractivity contribution in [3.05, 3.63) is 48.0 Å². The van der Waals surface area contributed by atoms with E-state index < -0.39 is 0 Å². The number of amides is 2. The molecular weight excluding hydrogens is 340 g/mol. The number of fused-ring (bicyclic) bond motifs is 2. The topological polar surface area (TPSA) is 63.3 Å². The van der Waals surface area contributed by atoms with Gasteiger partial charge in [-0.2, -0.15) is 5.10 Å². The molecule has 2 amide bonds. The molecule has 27 heavy (non-hydrogen) atoms. The van der Waals surface area contributed by atoms with Gasteiger partial charge in [-0.25, -0.2) is 4.79 Å². The summed E-state index contributed by atoms with van der Waals surface area (Å²) in [7, 11) is 0. The molecule has 1 unspecified atom stereocenters. The van der Waals surface area contributed by atoms with Crippen LogP contribution in [0, 0.1) is 0 Å². The lowest BCUT2D eigenvalue weighted by Crippen LogP contribution is -2.47. The number of benzene rings is 1. The van der Waals surface area contributed by atoms with Gasteiger partial charge in [0.1, 0.15) is 5.58 Å². The highest BCUT2D eigenvalue weighted by Crippen LogP contribution is 2.37. The smallest absolute Gasteiger partial charge is 0.322 e. The van der Waals surface area contributed by atoms with Gasteiger partial charge in [-0.05, 0) is 49.4 Å². The van der Waals surface area contributed by atoms with E-state index in [1.54, 1.807) is 6.26 Å². The van der Waals surface area contributed by atoms with Gasteiger partial charge < -0.3 is 14.6 Å². The highest BCUT2D eigenvalue weighted by atomic mass is 16.3. The van der Waals surface area contributed by atoms with Crippen LogP contribution in [-0.4, -0.2) is 26.8 Å². The van der Waals surface area contributed by atoms with Crippen molar-refractivity contribution in [1.82, 2.24) is 14.7 Å². The van der Waals surface area contributed by atoms with E-state index >= 15 is 0 Å². The summed E-state index contributed by atoms with van der Waals surface area (Å²) >= 11 is 0. The van der Waals surface area contributed by atoms with Crippen LogP contribution in [0.2, 0.25) is 0 Å². The summed E-state index contributed by atoms with van der Waals surface area (Å²) in [5.41, 5.74) is 4.08. The van der Waals surface area contributed by atoms with Gasteiger partial charge in [-0.1, -0.05) is 12.8 Å². The number of rotatable bonds is 2. The first-order valence-electron chi connectivity index (χ1n) is 9.78. The number of nitrogens with zero attached hydrogens (tertiary/aromatic N) is 3. The zero-order valence-corrected chi connectivity index (χ0v) is 15.5. The molecule has 0 spiro atoms. The molecule has 6 heteroatoms. The van der Waals surface area contributed by atoms with Crippen molar-refractivity contribution in [2.24, 2.45) is 0 Å². The lowest BCUT2D eigenvalue weighted by Gasteiger charge is -2.34. The average Bonchev–Trinajstić information content (AvgIpc) is 3.40. The summed E-state index contributed by atoms with van der Waals surface area (Å²) < 4.78 is 7.53. The highest BCUT2D eigenvalue weighted by Gasteiger charge is 2.32. The van der Waals surface area contributed by atoms with Gasteiger partial charge in [0.05, 0.1) is 37.3 Å². The number of anilines is 1.